The molecule has 3 saturated carbocycles. The third kappa shape index (κ3) is 2.18. The zero-order chi connectivity index (χ0) is 13.8. The molecule has 0 radical (unpaired) electrons. The quantitative estimate of drug-likeness (QED) is 0.580. The van der Waals surface area contributed by atoms with Crippen molar-refractivity contribution in [3.8, 4) is 0 Å². The van der Waals surface area contributed by atoms with Crippen LogP contribution in [-0.2, 0) is 0 Å². The first-order valence-electron chi connectivity index (χ1n) is 8.87. The number of fused-ring (bicyclic) bond motifs is 5. The minimum absolute atomic E-state index is 0.646. The molecule has 0 aliphatic heterocycles. The Bertz CT molecular complexity index is 344. The predicted molar refractivity (Wildman–Crippen MR) is 83.0 cm³/mol. The van der Waals surface area contributed by atoms with Crippen LogP contribution in [0.15, 0.2) is 0 Å². The van der Waals surface area contributed by atoms with Gasteiger partial charge in [-0.2, -0.15) is 0 Å². The van der Waals surface area contributed by atoms with Gasteiger partial charge in [-0.3, -0.25) is 0 Å². The SMILES string of the molecule is CCC1(C)CCC2C3CC(CC(C)(C(C)C)C3)C2C1. The van der Waals surface area contributed by atoms with Gasteiger partial charge in [-0.15, -0.1) is 0 Å². The topological polar surface area (TPSA) is 0 Å². The van der Waals surface area contributed by atoms with Crippen molar-refractivity contribution in [3.63, 3.8) is 0 Å². The molecule has 6 unspecified atom stereocenters. The molecule has 0 nitrogen and oxygen atoms in total. The first-order chi connectivity index (χ1) is 8.87. The fraction of sp³-hybridized carbons (Fsp3) is 1.00. The second-order valence-corrected chi connectivity index (χ2v) is 9.21. The average Bonchev–Trinajstić information content (AvgIpc) is 2.61. The standard InChI is InChI=1S/C19H34/c1-6-18(4)8-7-16-14-9-15(17(16)12-18)11-19(5,10-14)13(2)3/h13-17H,6-12H2,1-5H3. The fourth-order valence-corrected chi connectivity index (χ4v) is 5.93. The maximum atomic E-state index is 2.59. The van der Waals surface area contributed by atoms with Gasteiger partial charge in [0.1, 0.15) is 0 Å². The van der Waals surface area contributed by atoms with Gasteiger partial charge in [0.15, 0.2) is 0 Å². The molecule has 0 saturated heterocycles. The molecule has 3 aliphatic rings. The van der Waals surface area contributed by atoms with E-state index in [0.717, 1.165) is 29.6 Å². The van der Waals surface area contributed by atoms with Crippen LogP contribution < -0.4 is 0 Å². The molecule has 3 rings (SSSR count). The van der Waals surface area contributed by atoms with E-state index < -0.39 is 0 Å². The van der Waals surface area contributed by atoms with E-state index in [2.05, 4.69) is 34.6 Å². The van der Waals surface area contributed by atoms with Gasteiger partial charge in [-0.25, -0.2) is 0 Å². The molecule has 19 heavy (non-hydrogen) atoms. The van der Waals surface area contributed by atoms with Crippen LogP contribution in [0.5, 0.6) is 0 Å². The van der Waals surface area contributed by atoms with Crippen molar-refractivity contribution in [1.29, 1.82) is 0 Å². The van der Waals surface area contributed by atoms with Crippen molar-refractivity contribution in [2.75, 3.05) is 0 Å². The lowest BCUT2D eigenvalue weighted by Gasteiger charge is -2.42. The molecular formula is C19H34. The zero-order valence-electron chi connectivity index (χ0n) is 13.8. The van der Waals surface area contributed by atoms with Crippen LogP contribution in [0, 0.1) is 40.4 Å². The van der Waals surface area contributed by atoms with Gasteiger partial charge in [-0.1, -0.05) is 41.0 Å². The lowest BCUT2D eigenvalue weighted by atomic mass is 9.63. The highest BCUT2D eigenvalue weighted by Crippen LogP contribution is 2.63. The maximum absolute atomic E-state index is 2.59. The van der Waals surface area contributed by atoms with Gasteiger partial charge in [-0.05, 0) is 78.9 Å². The van der Waals surface area contributed by atoms with Crippen molar-refractivity contribution < 1.29 is 0 Å². The van der Waals surface area contributed by atoms with Gasteiger partial charge >= 0.3 is 0 Å². The monoisotopic (exact) mass is 262 g/mol. The van der Waals surface area contributed by atoms with E-state index in [1.807, 2.05) is 0 Å². The van der Waals surface area contributed by atoms with Gasteiger partial charge in [0.2, 0.25) is 0 Å². The molecule has 0 N–H and O–H groups in total. The van der Waals surface area contributed by atoms with Crippen LogP contribution in [0.4, 0.5) is 0 Å². The smallest absolute Gasteiger partial charge is 0.0297 e. The Balaban J connectivity index is 1.81. The molecule has 0 amide bonds. The third-order valence-corrected chi connectivity index (χ3v) is 7.88. The maximum Gasteiger partial charge on any atom is -0.0297 e. The van der Waals surface area contributed by atoms with E-state index in [1.165, 1.54) is 25.7 Å². The minimum atomic E-state index is 0.646. The first kappa shape index (κ1) is 14.0. The predicted octanol–water partition coefficient (Wildman–Crippen LogP) is 5.91. The second kappa shape index (κ2) is 4.50. The van der Waals surface area contributed by atoms with Gasteiger partial charge in [0.25, 0.3) is 0 Å². The fourth-order valence-electron chi connectivity index (χ4n) is 5.93. The Hall–Kier alpha value is 0. The van der Waals surface area contributed by atoms with Crippen molar-refractivity contribution in [2.24, 2.45) is 40.4 Å². The zero-order valence-corrected chi connectivity index (χ0v) is 13.8. The van der Waals surface area contributed by atoms with Crippen molar-refractivity contribution in [1.82, 2.24) is 0 Å². The van der Waals surface area contributed by atoms with E-state index in [-0.39, 0.29) is 0 Å². The number of hydrogen-bond donors (Lipinski definition) is 0. The molecule has 0 spiro atoms. The summed E-state index contributed by atoms with van der Waals surface area (Å²) in [4.78, 5) is 0. The van der Waals surface area contributed by atoms with E-state index in [9.17, 15) is 0 Å². The van der Waals surface area contributed by atoms with E-state index >= 15 is 0 Å². The van der Waals surface area contributed by atoms with Crippen LogP contribution in [0.25, 0.3) is 0 Å². The van der Waals surface area contributed by atoms with E-state index in [4.69, 9.17) is 0 Å². The number of rotatable bonds is 2. The molecule has 110 valence electrons. The summed E-state index contributed by atoms with van der Waals surface area (Å²) in [5.74, 6) is 5.21. The Morgan fingerprint density at radius 2 is 1.63 bits per heavy atom. The summed E-state index contributed by atoms with van der Waals surface area (Å²) in [6, 6.07) is 0. The van der Waals surface area contributed by atoms with Crippen LogP contribution in [-0.4, -0.2) is 0 Å². The molecule has 0 aromatic carbocycles. The van der Waals surface area contributed by atoms with Crippen LogP contribution in [0.3, 0.4) is 0 Å². The summed E-state index contributed by atoms with van der Waals surface area (Å²) in [5, 5.41) is 0. The summed E-state index contributed by atoms with van der Waals surface area (Å²) in [6.45, 7) is 12.5. The van der Waals surface area contributed by atoms with Crippen molar-refractivity contribution in [3.05, 3.63) is 0 Å². The highest BCUT2D eigenvalue weighted by molar-refractivity contribution is 5.04. The molecule has 3 aliphatic carbocycles. The van der Waals surface area contributed by atoms with Crippen molar-refractivity contribution >= 4 is 0 Å². The molecule has 6 atom stereocenters. The summed E-state index contributed by atoms with van der Waals surface area (Å²) >= 11 is 0. The lowest BCUT2D eigenvalue weighted by Crippen LogP contribution is -2.32. The van der Waals surface area contributed by atoms with Gasteiger partial charge < -0.3 is 0 Å². The molecule has 0 heteroatoms. The van der Waals surface area contributed by atoms with Crippen LogP contribution in [0.1, 0.15) is 79.6 Å². The second-order valence-electron chi connectivity index (χ2n) is 9.21. The molecule has 2 bridgehead atoms. The first-order valence-corrected chi connectivity index (χ1v) is 8.87. The van der Waals surface area contributed by atoms with Crippen molar-refractivity contribution in [2.45, 2.75) is 79.6 Å². The highest BCUT2D eigenvalue weighted by atomic mass is 14.6. The van der Waals surface area contributed by atoms with Gasteiger partial charge in [0.05, 0.1) is 0 Å². The summed E-state index contributed by atoms with van der Waals surface area (Å²) in [7, 11) is 0. The molecule has 0 heterocycles. The molecule has 0 aromatic heterocycles. The molecule has 0 aromatic rings. The summed E-state index contributed by atoms with van der Waals surface area (Å²) < 4.78 is 0. The Labute approximate surface area is 120 Å². The van der Waals surface area contributed by atoms with Crippen LogP contribution in [0.2, 0.25) is 0 Å². The van der Waals surface area contributed by atoms with E-state index in [0.29, 0.717) is 10.8 Å². The van der Waals surface area contributed by atoms with E-state index in [1.54, 1.807) is 19.3 Å². The Morgan fingerprint density at radius 3 is 2.21 bits per heavy atom. The van der Waals surface area contributed by atoms with Crippen LogP contribution >= 0.6 is 0 Å². The minimum Gasteiger partial charge on any atom is -0.0649 e. The molecule has 3 fully saturated rings. The van der Waals surface area contributed by atoms with Gasteiger partial charge in [0, 0.05) is 0 Å². The highest BCUT2D eigenvalue weighted by Gasteiger charge is 2.54. The number of hydrogen-bond acceptors (Lipinski definition) is 0. The lowest BCUT2D eigenvalue weighted by molar-refractivity contribution is 0.0805. The Morgan fingerprint density at radius 1 is 1.00 bits per heavy atom. The third-order valence-electron chi connectivity index (χ3n) is 7.88. The summed E-state index contributed by atoms with van der Waals surface area (Å²) in [5.41, 5.74) is 1.32. The molecular weight excluding hydrogens is 228 g/mol. The average molecular weight is 262 g/mol. The summed E-state index contributed by atoms with van der Waals surface area (Å²) in [6.07, 6.45) is 10.6. The normalized spacial score (nSPS) is 53.4. The largest absolute Gasteiger partial charge is 0.0649 e. The Kier molecular flexibility index (Phi) is 3.31.